The predicted octanol–water partition coefficient (Wildman–Crippen LogP) is 5.71. The average molecular weight is 322 g/mol. The molecule has 0 N–H and O–H groups in total. The zero-order chi connectivity index (χ0) is 16.8. The monoisotopic (exact) mass is 322 g/mol. The van der Waals surface area contributed by atoms with Crippen molar-refractivity contribution in [3.8, 4) is 0 Å². The van der Waals surface area contributed by atoms with Gasteiger partial charge >= 0.3 is 0 Å². The van der Waals surface area contributed by atoms with Crippen molar-refractivity contribution in [2.45, 2.75) is 65.2 Å². The van der Waals surface area contributed by atoms with E-state index in [0.717, 1.165) is 12.5 Å². The highest BCUT2D eigenvalue weighted by Crippen LogP contribution is 2.33. The van der Waals surface area contributed by atoms with Crippen LogP contribution in [0.25, 0.3) is 0 Å². The standard InChI is InChI=1S/C20H28F2O/c1-14(2)9-20(23)17(10-15-5-3-4-6-15)8-7-16-11-18(21)13-19(22)12-16/h11-15,17H,3-10H2,1-2H3. The summed E-state index contributed by atoms with van der Waals surface area (Å²) in [4.78, 5) is 12.5. The summed E-state index contributed by atoms with van der Waals surface area (Å²) < 4.78 is 26.6. The molecule has 0 aliphatic heterocycles. The van der Waals surface area contributed by atoms with Crippen LogP contribution in [0.4, 0.5) is 8.78 Å². The topological polar surface area (TPSA) is 17.1 Å². The van der Waals surface area contributed by atoms with Crippen molar-refractivity contribution in [3.63, 3.8) is 0 Å². The van der Waals surface area contributed by atoms with E-state index in [4.69, 9.17) is 0 Å². The van der Waals surface area contributed by atoms with Crippen molar-refractivity contribution in [1.82, 2.24) is 0 Å². The van der Waals surface area contributed by atoms with Gasteiger partial charge in [0.1, 0.15) is 17.4 Å². The minimum atomic E-state index is -0.541. The lowest BCUT2D eigenvalue weighted by Gasteiger charge is -2.20. The SMILES string of the molecule is CC(C)CC(=O)C(CCc1cc(F)cc(F)c1)CC1CCCC1. The summed E-state index contributed by atoms with van der Waals surface area (Å²) in [5.74, 6) is 0.290. The third kappa shape index (κ3) is 6.04. The lowest BCUT2D eigenvalue weighted by atomic mass is 9.83. The second-order valence-electron chi connectivity index (χ2n) is 7.46. The van der Waals surface area contributed by atoms with Gasteiger partial charge in [0.15, 0.2) is 0 Å². The number of hydrogen-bond donors (Lipinski definition) is 0. The van der Waals surface area contributed by atoms with Crippen LogP contribution in [0, 0.1) is 29.4 Å². The largest absolute Gasteiger partial charge is 0.299 e. The van der Waals surface area contributed by atoms with Gasteiger partial charge in [-0.25, -0.2) is 8.78 Å². The van der Waals surface area contributed by atoms with E-state index >= 15 is 0 Å². The third-order valence-electron chi connectivity index (χ3n) is 4.86. The second-order valence-corrected chi connectivity index (χ2v) is 7.46. The molecule has 1 unspecified atom stereocenters. The predicted molar refractivity (Wildman–Crippen MR) is 89.2 cm³/mol. The average Bonchev–Trinajstić information content (AvgIpc) is 2.94. The van der Waals surface area contributed by atoms with Crippen molar-refractivity contribution in [3.05, 3.63) is 35.4 Å². The Labute approximate surface area is 138 Å². The third-order valence-corrected chi connectivity index (χ3v) is 4.86. The van der Waals surface area contributed by atoms with Gasteiger partial charge < -0.3 is 0 Å². The van der Waals surface area contributed by atoms with Crippen LogP contribution in [0.2, 0.25) is 0 Å². The number of carbonyl (C=O) groups excluding carboxylic acids is 1. The van der Waals surface area contributed by atoms with E-state index in [2.05, 4.69) is 13.8 Å². The van der Waals surface area contributed by atoms with Crippen LogP contribution in [0.1, 0.15) is 64.4 Å². The van der Waals surface area contributed by atoms with E-state index in [1.54, 1.807) is 0 Å². The van der Waals surface area contributed by atoms with Gasteiger partial charge in [0.2, 0.25) is 0 Å². The molecule has 128 valence electrons. The molecule has 1 nitrogen and oxygen atoms in total. The van der Waals surface area contributed by atoms with Crippen molar-refractivity contribution in [1.29, 1.82) is 0 Å². The van der Waals surface area contributed by atoms with Crippen LogP contribution in [0.3, 0.4) is 0 Å². The molecule has 1 aromatic rings. The number of benzene rings is 1. The molecule has 1 aliphatic carbocycles. The van der Waals surface area contributed by atoms with Gasteiger partial charge in [0.05, 0.1) is 0 Å². The van der Waals surface area contributed by atoms with Crippen LogP contribution < -0.4 is 0 Å². The summed E-state index contributed by atoms with van der Waals surface area (Å²) in [6, 6.07) is 3.65. The molecular formula is C20H28F2O. The number of carbonyl (C=O) groups is 1. The molecule has 1 saturated carbocycles. The summed E-state index contributed by atoms with van der Waals surface area (Å²) in [6.07, 6.45) is 7.80. The fourth-order valence-corrected chi connectivity index (χ4v) is 3.72. The molecule has 0 aromatic heterocycles. The van der Waals surface area contributed by atoms with Gasteiger partial charge in [-0.15, -0.1) is 0 Å². The Morgan fingerprint density at radius 3 is 2.30 bits per heavy atom. The van der Waals surface area contributed by atoms with Crippen LogP contribution in [-0.2, 0) is 11.2 Å². The molecule has 0 radical (unpaired) electrons. The van der Waals surface area contributed by atoms with Gasteiger partial charge in [-0.2, -0.15) is 0 Å². The van der Waals surface area contributed by atoms with E-state index in [1.165, 1.54) is 37.8 Å². The molecule has 1 aliphatic rings. The normalized spacial score (nSPS) is 16.9. The zero-order valence-corrected chi connectivity index (χ0v) is 14.3. The zero-order valence-electron chi connectivity index (χ0n) is 14.3. The summed E-state index contributed by atoms with van der Waals surface area (Å²) in [5, 5.41) is 0. The number of Topliss-reactive ketones (excluding diaryl/α,β-unsaturated/α-hetero) is 1. The van der Waals surface area contributed by atoms with Crippen molar-refractivity contribution < 1.29 is 13.6 Å². The van der Waals surface area contributed by atoms with E-state index in [-0.39, 0.29) is 5.92 Å². The molecule has 23 heavy (non-hydrogen) atoms. The molecule has 0 spiro atoms. The molecule has 0 heterocycles. The van der Waals surface area contributed by atoms with Crippen LogP contribution in [0.15, 0.2) is 18.2 Å². The number of aryl methyl sites for hydroxylation is 1. The molecular weight excluding hydrogens is 294 g/mol. The Morgan fingerprint density at radius 1 is 1.13 bits per heavy atom. The van der Waals surface area contributed by atoms with Crippen molar-refractivity contribution in [2.24, 2.45) is 17.8 Å². The van der Waals surface area contributed by atoms with Gasteiger partial charge in [-0.3, -0.25) is 4.79 Å². The van der Waals surface area contributed by atoms with E-state index in [0.29, 0.717) is 42.4 Å². The van der Waals surface area contributed by atoms with E-state index in [1.807, 2.05) is 0 Å². The Bertz CT molecular complexity index is 498. The molecule has 1 atom stereocenters. The van der Waals surface area contributed by atoms with Crippen LogP contribution >= 0.6 is 0 Å². The Balaban J connectivity index is 1.98. The highest BCUT2D eigenvalue weighted by molar-refractivity contribution is 5.81. The molecule has 3 heteroatoms. The first-order chi connectivity index (χ1) is 10.9. The maximum absolute atomic E-state index is 13.3. The van der Waals surface area contributed by atoms with Gasteiger partial charge in [0, 0.05) is 18.4 Å². The fourth-order valence-electron chi connectivity index (χ4n) is 3.72. The molecule has 0 saturated heterocycles. The van der Waals surface area contributed by atoms with E-state index < -0.39 is 11.6 Å². The lowest BCUT2D eigenvalue weighted by molar-refractivity contribution is -0.124. The number of ketones is 1. The highest BCUT2D eigenvalue weighted by atomic mass is 19.1. The second kappa shape index (κ2) is 8.56. The smallest absolute Gasteiger partial charge is 0.136 e. The first kappa shape index (κ1) is 18.1. The summed E-state index contributed by atoms with van der Waals surface area (Å²) in [7, 11) is 0. The summed E-state index contributed by atoms with van der Waals surface area (Å²) >= 11 is 0. The maximum Gasteiger partial charge on any atom is 0.136 e. The molecule has 1 fully saturated rings. The summed E-state index contributed by atoms with van der Waals surface area (Å²) in [6.45, 7) is 4.12. The highest BCUT2D eigenvalue weighted by Gasteiger charge is 2.25. The van der Waals surface area contributed by atoms with Gasteiger partial charge in [0.25, 0.3) is 0 Å². The molecule has 0 amide bonds. The Hall–Kier alpha value is -1.25. The molecule has 1 aromatic carbocycles. The molecule has 0 bridgehead atoms. The lowest BCUT2D eigenvalue weighted by Crippen LogP contribution is -2.20. The first-order valence-electron chi connectivity index (χ1n) is 8.91. The van der Waals surface area contributed by atoms with E-state index in [9.17, 15) is 13.6 Å². The van der Waals surface area contributed by atoms with Crippen molar-refractivity contribution >= 4 is 5.78 Å². The van der Waals surface area contributed by atoms with Gasteiger partial charge in [-0.1, -0.05) is 39.5 Å². The van der Waals surface area contributed by atoms with Crippen molar-refractivity contribution in [2.75, 3.05) is 0 Å². The number of rotatable bonds is 8. The quantitative estimate of drug-likeness (QED) is 0.599. The Kier molecular flexibility index (Phi) is 6.73. The molecule has 2 rings (SSSR count). The number of halogens is 2. The fraction of sp³-hybridized carbons (Fsp3) is 0.650. The van der Waals surface area contributed by atoms with Crippen LogP contribution in [-0.4, -0.2) is 5.78 Å². The van der Waals surface area contributed by atoms with Crippen LogP contribution in [0.5, 0.6) is 0 Å². The Morgan fingerprint density at radius 2 is 1.74 bits per heavy atom. The number of hydrogen-bond acceptors (Lipinski definition) is 1. The summed E-state index contributed by atoms with van der Waals surface area (Å²) in [5.41, 5.74) is 0.649. The maximum atomic E-state index is 13.3. The minimum Gasteiger partial charge on any atom is -0.299 e. The minimum absolute atomic E-state index is 0.0341. The first-order valence-corrected chi connectivity index (χ1v) is 8.91. The van der Waals surface area contributed by atoms with Gasteiger partial charge in [-0.05, 0) is 48.8 Å².